The molecule has 3 saturated heterocycles. The molecule has 0 aliphatic carbocycles. The number of ether oxygens (including phenoxy) is 2. The van der Waals surface area contributed by atoms with Gasteiger partial charge in [-0.25, -0.2) is 0 Å². The summed E-state index contributed by atoms with van der Waals surface area (Å²) in [6.45, 7) is 2.03. The molecule has 1 aromatic rings. The van der Waals surface area contributed by atoms with Crippen molar-refractivity contribution in [3.8, 4) is 0 Å². The van der Waals surface area contributed by atoms with E-state index in [1.54, 1.807) is 6.92 Å². The number of nitrogens with one attached hydrogen (secondary N) is 1. The first-order valence-corrected chi connectivity index (χ1v) is 8.12. The molecule has 1 unspecified atom stereocenters. The minimum atomic E-state index is -0.744. The molecule has 0 radical (unpaired) electrons. The van der Waals surface area contributed by atoms with Crippen LogP contribution in [0.15, 0.2) is 30.5 Å². The second kappa shape index (κ2) is 4.60. The molecule has 1 N–H and O–H groups in total. The molecule has 0 saturated carbocycles. The number of carbonyl (C=O) groups is 2. The SMILES string of the molecule is CC(=O)[C@H]1[C@@H]2[C@H](C(=O)[C@H]3OC[C@@H]2O3)[C@@H]2c3ccccc3C=C[NH+]12. The Balaban J connectivity index is 1.70. The second-order valence-electron chi connectivity index (χ2n) is 6.87. The molecule has 4 heterocycles. The Bertz CT molecular complexity index is 742. The van der Waals surface area contributed by atoms with Crippen LogP contribution in [0.1, 0.15) is 24.1 Å². The molecule has 5 nitrogen and oxygen atoms in total. The minimum absolute atomic E-state index is 0.0000954. The highest BCUT2D eigenvalue weighted by Gasteiger charge is 2.66. The zero-order valence-electron chi connectivity index (χ0n) is 12.8. The second-order valence-corrected chi connectivity index (χ2v) is 6.87. The lowest BCUT2D eigenvalue weighted by Crippen LogP contribution is -3.11. The lowest BCUT2D eigenvalue weighted by molar-refractivity contribution is -0.885. The standard InChI is InChI=1S/C18H17NO4/c1-9(20)15-13-12-8-22-18(23-12)17(21)14(13)16-11-5-3-2-4-10(11)6-7-19(15)16/h2-7,12-16,18H,8H2,1H3/p+1/t12-,13-,14-,15-,16-,18-/m0/s1. The summed E-state index contributed by atoms with van der Waals surface area (Å²) in [7, 11) is 0. The molecule has 0 spiro atoms. The van der Waals surface area contributed by atoms with Gasteiger partial charge < -0.3 is 9.47 Å². The highest BCUT2D eigenvalue weighted by molar-refractivity contribution is 5.90. The van der Waals surface area contributed by atoms with E-state index in [0.29, 0.717) is 6.61 Å². The predicted octanol–water partition coefficient (Wildman–Crippen LogP) is 0.125. The monoisotopic (exact) mass is 312 g/mol. The summed E-state index contributed by atoms with van der Waals surface area (Å²) < 4.78 is 11.2. The van der Waals surface area contributed by atoms with Gasteiger partial charge in [-0.2, -0.15) is 0 Å². The van der Waals surface area contributed by atoms with Crippen molar-refractivity contribution in [2.75, 3.05) is 6.61 Å². The predicted molar refractivity (Wildman–Crippen MR) is 80.2 cm³/mol. The summed E-state index contributed by atoms with van der Waals surface area (Å²) in [5, 5.41) is 0. The van der Waals surface area contributed by atoms with Crippen LogP contribution in [0.5, 0.6) is 0 Å². The van der Waals surface area contributed by atoms with Crippen LogP contribution < -0.4 is 4.90 Å². The van der Waals surface area contributed by atoms with Gasteiger partial charge in [-0.1, -0.05) is 24.3 Å². The topological polar surface area (TPSA) is 57.0 Å². The van der Waals surface area contributed by atoms with E-state index in [1.165, 1.54) is 0 Å². The van der Waals surface area contributed by atoms with Gasteiger partial charge in [0.15, 0.2) is 17.6 Å². The van der Waals surface area contributed by atoms with E-state index in [1.807, 2.05) is 12.1 Å². The summed E-state index contributed by atoms with van der Waals surface area (Å²) in [6, 6.07) is 7.88. The van der Waals surface area contributed by atoms with Gasteiger partial charge in [-0.05, 0) is 11.6 Å². The van der Waals surface area contributed by atoms with Crippen LogP contribution in [-0.4, -0.2) is 36.6 Å². The van der Waals surface area contributed by atoms with E-state index in [0.717, 1.165) is 16.0 Å². The molecule has 5 rings (SSSR count). The quantitative estimate of drug-likeness (QED) is 0.800. The number of Topliss-reactive ketones (excluding diaryl/α,β-unsaturated/α-hetero) is 2. The van der Waals surface area contributed by atoms with Gasteiger partial charge in [0, 0.05) is 12.5 Å². The van der Waals surface area contributed by atoms with Crippen LogP contribution in [0.2, 0.25) is 0 Å². The van der Waals surface area contributed by atoms with E-state index in [4.69, 9.17) is 9.47 Å². The Labute approximate surface area is 133 Å². The summed E-state index contributed by atoms with van der Waals surface area (Å²) in [5.74, 6) is -0.200. The third-order valence-electron chi connectivity index (χ3n) is 5.80. The fourth-order valence-electron chi connectivity index (χ4n) is 5.00. The van der Waals surface area contributed by atoms with Crippen LogP contribution >= 0.6 is 0 Å². The molecular weight excluding hydrogens is 294 g/mol. The highest BCUT2D eigenvalue weighted by atomic mass is 16.7. The van der Waals surface area contributed by atoms with Crippen molar-refractivity contribution in [3.05, 3.63) is 41.6 Å². The normalized spacial score (nSPS) is 43.0. The number of rotatable bonds is 1. The Morgan fingerprint density at radius 3 is 2.96 bits per heavy atom. The van der Waals surface area contributed by atoms with Crippen molar-refractivity contribution < 1.29 is 24.0 Å². The van der Waals surface area contributed by atoms with E-state index in [-0.39, 0.29) is 41.6 Å². The zero-order valence-corrected chi connectivity index (χ0v) is 12.8. The molecule has 7 atom stereocenters. The maximum Gasteiger partial charge on any atom is 0.218 e. The van der Waals surface area contributed by atoms with Crippen LogP contribution in [-0.2, 0) is 19.1 Å². The maximum atomic E-state index is 12.9. The van der Waals surface area contributed by atoms with Crippen LogP contribution in [0, 0.1) is 11.8 Å². The van der Waals surface area contributed by atoms with Crippen LogP contribution in [0.3, 0.4) is 0 Å². The Morgan fingerprint density at radius 1 is 1.30 bits per heavy atom. The molecule has 4 aliphatic rings. The third-order valence-corrected chi connectivity index (χ3v) is 5.80. The van der Waals surface area contributed by atoms with Crippen LogP contribution in [0.25, 0.3) is 6.08 Å². The molecule has 1 aromatic carbocycles. The van der Waals surface area contributed by atoms with Crippen molar-refractivity contribution in [2.45, 2.75) is 31.4 Å². The van der Waals surface area contributed by atoms with Gasteiger partial charge in [-0.3, -0.25) is 14.5 Å². The highest BCUT2D eigenvalue weighted by Crippen LogP contribution is 2.46. The lowest BCUT2D eigenvalue weighted by Gasteiger charge is -2.30. The van der Waals surface area contributed by atoms with Crippen molar-refractivity contribution in [2.24, 2.45) is 11.8 Å². The van der Waals surface area contributed by atoms with Gasteiger partial charge in [0.1, 0.15) is 6.04 Å². The number of quaternary nitrogens is 1. The first kappa shape index (κ1) is 13.6. The van der Waals surface area contributed by atoms with Crippen molar-refractivity contribution in [1.82, 2.24) is 0 Å². The van der Waals surface area contributed by atoms with Gasteiger partial charge in [0.2, 0.25) is 6.29 Å². The Kier molecular flexibility index (Phi) is 2.72. The lowest BCUT2D eigenvalue weighted by atomic mass is 9.76. The molecule has 118 valence electrons. The average molecular weight is 312 g/mol. The van der Waals surface area contributed by atoms with E-state index < -0.39 is 6.29 Å². The molecule has 23 heavy (non-hydrogen) atoms. The number of hydrogen-bond donors (Lipinski definition) is 1. The van der Waals surface area contributed by atoms with Crippen molar-refractivity contribution in [3.63, 3.8) is 0 Å². The first-order chi connectivity index (χ1) is 11.2. The Hall–Kier alpha value is -1.82. The fourth-order valence-corrected chi connectivity index (χ4v) is 5.00. The number of ketones is 2. The fraction of sp³-hybridized carbons (Fsp3) is 0.444. The summed E-state index contributed by atoms with van der Waals surface area (Å²) in [5.41, 5.74) is 2.29. The molecule has 0 aromatic heterocycles. The average Bonchev–Trinajstić information content (AvgIpc) is 3.13. The maximum absolute atomic E-state index is 12.9. The van der Waals surface area contributed by atoms with E-state index in [9.17, 15) is 9.59 Å². The molecular formula is C18H18NO4+. The smallest absolute Gasteiger partial charge is 0.218 e. The first-order valence-electron chi connectivity index (χ1n) is 8.12. The number of carbonyl (C=O) groups excluding carboxylic acids is 2. The molecule has 0 amide bonds. The van der Waals surface area contributed by atoms with Gasteiger partial charge in [0.25, 0.3) is 0 Å². The largest absolute Gasteiger partial charge is 0.343 e. The number of hydrogen-bond acceptors (Lipinski definition) is 4. The molecule has 5 heteroatoms. The van der Waals surface area contributed by atoms with Gasteiger partial charge in [-0.15, -0.1) is 0 Å². The number of benzene rings is 1. The van der Waals surface area contributed by atoms with E-state index in [2.05, 4.69) is 24.4 Å². The minimum Gasteiger partial charge on any atom is -0.343 e. The summed E-state index contributed by atoms with van der Waals surface area (Å²) in [6.07, 6.45) is 3.22. The number of fused-ring (bicyclic) bond motifs is 8. The third kappa shape index (κ3) is 1.67. The molecule has 2 bridgehead atoms. The van der Waals surface area contributed by atoms with Gasteiger partial charge in [0.05, 0.1) is 30.7 Å². The Morgan fingerprint density at radius 2 is 2.13 bits per heavy atom. The summed E-state index contributed by atoms with van der Waals surface area (Å²) >= 11 is 0. The molecule has 3 fully saturated rings. The van der Waals surface area contributed by atoms with Crippen molar-refractivity contribution in [1.29, 1.82) is 0 Å². The van der Waals surface area contributed by atoms with Gasteiger partial charge >= 0.3 is 0 Å². The zero-order chi connectivity index (χ0) is 15.7. The molecule has 4 aliphatic heterocycles. The van der Waals surface area contributed by atoms with E-state index >= 15 is 0 Å². The summed E-state index contributed by atoms with van der Waals surface area (Å²) in [4.78, 5) is 26.4. The van der Waals surface area contributed by atoms with Crippen LogP contribution in [0.4, 0.5) is 0 Å². The van der Waals surface area contributed by atoms with Crippen molar-refractivity contribution >= 4 is 17.6 Å².